The van der Waals surface area contributed by atoms with Gasteiger partial charge in [-0.05, 0) is 55.3 Å². The van der Waals surface area contributed by atoms with Gasteiger partial charge in [0.1, 0.15) is 5.52 Å². The zero-order valence-electron chi connectivity index (χ0n) is 14.9. The van der Waals surface area contributed by atoms with Crippen molar-refractivity contribution in [3.63, 3.8) is 0 Å². The van der Waals surface area contributed by atoms with E-state index in [0.717, 1.165) is 48.6 Å². The van der Waals surface area contributed by atoms with Crippen LogP contribution in [0.4, 0.5) is 0 Å². The molecule has 1 atom stereocenters. The summed E-state index contributed by atoms with van der Waals surface area (Å²) < 4.78 is 6.01. The first-order valence-electron chi connectivity index (χ1n) is 9.18. The van der Waals surface area contributed by atoms with Crippen molar-refractivity contribution in [3.05, 3.63) is 71.7 Å². The van der Waals surface area contributed by atoms with Gasteiger partial charge < -0.3 is 4.42 Å². The summed E-state index contributed by atoms with van der Waals surface area (Å²) in [5.74, 6) is 1.25. The number of likely N-dealkylation sites (tertiary alicyclic amines) is 1. The molecule has 0 N–H and O–H groups in total. The Balaban J connectivity index is 1.32. The van der Waals surface area contributed by atoms with E-state index in [1.54, 1.807) is 0 Å². The van der Waals surface area contributed by atoms with Crippen LogP contribution in [-0.2, 0) is 6.54 Å². The Hall–Kier alpha value is -2.72. The van der Waals surface area contributed by atoms with E-state index in [9.17, 15) is 0 Å². The maximum Gasteiger partial charge on any atom is 0.199 e. The van der Waals surface area contributed by atoms with Crippen molar-refractivity contribution < 1.29 is 4.42 Å². The molecule has 4 nitrogen and oxygen atoms in total. The average molecular weight is 343 g/mol. The largest absolute Gasteiger partial charge is 0.440 e. The molecule has 0 saturated carbocycles. The molecule has 0 amide bonds. The molecule has 3 heterocycles. The maximum absolute atomic E-state index is 6.01. The summed E-state index contributed by atoms with van der Waals surface area (Å²) in [7, 11) is 0. The Bertz CT molecular complexity index is 1090. The molecule has 1 fully saturated rings. The lowest BCUT2D eigenvalue weighted by Gasteiger charge is -2.15. The van der Waals surface area contributed by atoms with Crippen molar-refractivity contribution in [1.29, 1.82) is 0 Å². The summed E-state index contributed by atoms with van der Waals surface area (Å²) in [6.45, 7) is 5.06. The van der Waals surface area contributed by atoms with Crippen LogP contribution in [0.2, 0.25) is 0 Å². The molecule has 2 aromatic carbocycles. The fourth-order valence-electron chi connectivity index (χ4n) is 3.87. The van der Waals surface area contributed by atoms with Gasteiger partial charge in [0.05, 0.1) is 5.52 Å². The molecule has 1 saturated heterocycles. The van der Waals surface area contributed by atoms with Crippen LogP contribution in [0.15, 0.2) is 59.1 Å². The molecule has 1 aliphatic heterocycles. The van der Waals surface area contributed by atoms with Crippen molar-refractivity contribution in [2.75, 3.05) is 13.1 Å². The highest BCUT2D eigenvalue weighted by Gasteiger charge is 2.27. The van der Waals surface area contributed by atoms with Crippen LogP contribution >= 0.6 is 0 Å². The Kier molecular flexibility index (Phi) is 3.71. The van der Waals surface area contributed by atoms with Gasteiger partial charge in [-0.3, -0.25) is 9.88 Å². The van der Waals surface area contributed by atoms with Gasteiger partial charge in [-0.25, -0.2) is 4.98 Å². The molecule has 4 aromatic rings. The number of oxazole rings is 1. The van der Waals surface area contributed by atoms with E-state index >= 15 is 0 Å². The minimum atomic E-state index is 0.371. The Morgan fingerprint density at radius 3 is 3.00 bits per heavy atom. The van der Waals surface area contributed by atoms with Crippen LogP contribution in [0.1, 0.15) is 29.4 Å². The van der Waals surface area contributed by atoms with Gasteiger partial charge in [0.2, 0.25) is 0 Å². The number of fused-ring (bicyclic) bond motifs is 2. The number of aromatic nitrogens is 2. The fraction of sp³-hybridized carbons (Fsp3) is 0.273. The molecule has 130 valence electrons. The Labute approximate surface area is 152 Å². The van der Waals surface area contributed by atoms with E-state index in [2.05, 4.69) is 53.2 Å². The van der Waals surface area contributed by atoms with Crippen LogP contribution in [0.3, 0.4) is 0 Å². The highest BCUT2D eigenvalue weighted by atomic mass is 16.3. The van der Waals surface area contributed by atoms with Crippen molar-refractivity contribution in [2.45, 2.75) is 25.8 Å². The molecule has 5 rings (SSSR count). The number of hydrogen-bond acceptors (Lipinski definition) is 4. The van der Waals surface area contributed by atoms with Crippen LogP contribution in [-0.4, -0.2) is 28.0 Å². The first kappa shape index (κ1) is 15.5. The van der Waals surface area contributed by atoms with E-state index < -0.39 is 0 Å². The molecule has 1 unspecified atom stereocenters. The summed E-state index contributed by atoms with van der Waals surface area (Å²) in [5, 5.41) is 1.20. The number of benzene rings is 2. The molecule has 2 aromatic heterocycles. The van der Waals surface area contributed by atoms with Crippen molar-refractivity contribution in [3.8, 4) is 0 Å². The standard InChI is InChI=1S/C22H21N3O/c1-15-6-7-21-20(10-15)24-22(26-21)18-8-9-25(14-18)13-16-11-17-4-2-3-5-19(17)23-12-16/h2-7,10-12,18H,8-9,13-14H2,1H3. The van der Waals surface area contributed by atoms with Gasteiger partial charge in [-0.1, -0.05) is 24.3 Å². The summed E-state index contributed by atoms with van der Waals surface area (Å²) in [4.78, 5) is 11.8. The quantitative estimate of drug-likeness (QED) is 0.542. The van der Waals surface area contributed by atoms with Crippen molar-refractivity contribution in [1.82, 2.24) is 14.9 Å². The van der Waals surface area contributed by atoms with E-state index in [4.69, 9.17) is 9.40 Å². The molecule has 1 aliphatic rings. The van der Waals surface area contributed by atoms with Crippen molar-refractivity contribution in [2.24, 2.45) is 0 Å². The lowest BCUT2D eigenvalue weighted by Crippen LogP contribution is -2.19. The Morgan fingerprint density at radius 2 is 2.04 bits per heavy atom. The zero-order chi connectivity index (χ0) is 17.5. The SMILES string of the molecule is Cc1ccc2oc(C3CCN(Cc4cnc5ccccc5c4)C3)nc2c1. The number of hydrogen-bond donors (Lipinski definition) is 0. The zero-order valence-corrected chi connectivity index (χ0v) is 14.9. The number of nitrogens with zero attached hydrogens (tertiary/aromatic N) is 3. The predicted octanol–water partition coefficient (Wildman–Crippen LogP) is 4.67. The molecular weight excluding hydrogens is 322 g/mol. The summed E-state index contributed by atoms with van der Waals surface area (Å²) >= 11 is 0. The second kappa shape index (κ2) is 6.22. The normalized spacial score (nSPS) is 18.1. The molecular formula is C22H21N3O. The molecule has 0 bridgehead atoms. The van der Waals surface area contributed by atoms with E-state index in [-0.39, 0.29) is 0 Å². The Morgan fingerprint density at radius 1 is 1.12 bits per heavy atom. The molecule has 0 spiro atoms. The van der Waals surface area contributed by atoms with E-state index in [1.807, 2.05) is 18.3 Å². The molecule has 26 heavy (non-hydrogen) atoms. The van der Waals surface area contributed by atoms with Crippen molar-refractivity contribution >= 4 is 22.0 Å². The highest BCUT2D eigenvalue weighted by molar-refractivity contribution is 5.78. The smallest absolute Gasteiger partial charge is 0.199 e. The van der Waals surface area contributed by atoms with Gasteiger partial charge in [0, 0.05) is 30.6 Å². The minimum absolute atomic E-state index is 0.371. The van der Waals surface area contributed by atoms with Crippen LogP contribution in [0.25, 0.3) is 22.0 Å². The minimum Gasteiger partial charge on any atom is -0.440 e. The number of para-hydroxylation sites is 1. The number of pyridine rings is 1. The highest BCUT2D eigenvalue weighted by Crippen LogP contribution is 2.30. The number of aryl methyl sites for hydroxylation is 1. The first-order chi connectivity index (χ1) is 12.7. The summed E-state index contributed by atoms with van der Waals surface area (Å²) in [6.07, 6.45) is 3.09. The lowest BCUT2D eigenvalue weighted by atomic mass is 10.1. The summed E-state index contributed by atoms with van der Waals surface area (Å²) in [5.41, 5.74) is 5.39. The molecule has 4 heteroatoms. The topological polar surface area (TPSA) is 42.2 Å². The van der Waals surface area contributed by atoms with Crippen LogP contribution in [0, 0.1) is 6.92 Å². The average Bonchev–Trinajstić information content (AvgIpc) is 3.28. The van der Waals surface area contributed by atoms with E-state index in [1.165, 1.54) is 16.5 Å². The lowest BCUT2D eigenvalue weighted by molar-refractivity contribution is 0.320. The maximum atomic E-state index is 6.01. The monoisotopic (exact) mass is 343 g/mol. The fourth-order valence-corrected chi connectivity index (χ4v) is 3.87. The van der Waals surface area contributed by atoms with Crippen LogP contribution < -0.4 is 0 Å². The summed E-state index contributed by atoms with van der Waals surface area (Å²) in [6, 6.07) is 16.7. The van der Waals surface area contributed by atoms with E-state index in [0.29, 0.717) is 5.92 Å². The van der Waals surface area contributed by atoms with Gasteiger partial charge in [-0.2, -0.15) is 0 Å². The van der Waals surface area contributed by atoms with Crippen LogP contribution in [0.5, 0.6) is 0 Å². The van der Waals surface area contributed by atoms with Gasteiger partial charge in [0.15, 0.2) is 11.5 Å². The van der Waals surface area contributed by atoms with Gasteiger partial charge >= 0.3 is 0 Å². The second-order valence-electron chi connectivity index (χ2n) is 7.28. The van der Waals surface area contributed by atoms with Gasteiger partial charge in [0.25, 0.3) is 0 Å². The first-order valence-corrected chi connectivity index (χ1v) is 9.18. The van der Waals surface area contributed by atoms with Gasteiger partial charge in [-0.15, -0.1) is 0 Å². The third kappa shape index (κ3) is 2.86. The predicted molar refractivity (Wildman–Crippen MR) is 103 cm³/mol. The molecule has 0 radical (unpaired) electrons. The number of rotatable bonds is 3. The molecule has 0 aliphatic carbocycles. The third-order valence-corrected chi connectivity index (χ3v) is 5.23. The second-order valence-corrected chi connectivity index (χ2v) is 7.28. The third-order valence-electron chi connectivity index (χ3n) is 5.23.